The van der Waals surface area contributed by atoms with Crippen molar-refractivity contribution in [2.45, 2.75) is 6.42 Å². The van der Waals surface area contributed by atoms with E-state index < -0.39 is 12.0 Å². The number of rotatable bonds is 6. The van der Waals surface area contributed by atoms with E-state index in [-0.39, 0.29) is 30.7 Å². The molecule has 0 aliphatic heterocycles. The Kier molecular flexibility index (Phi) is 5.33. The highest BCUT2D eigenvalue weighted by molar-refractivity contribution is 5.87. The van der Waals surface area contributed by atoms with Crippen molar-refractivity contribution < 1.29 is 24.2 Å². The number of methoxy groups -OCH3 is 2. The van der Waals surface area contributed by atoms with Gasteiger partial charge in [-0.3, -0.25) is 10.1 Å². The highest BCUT2D eigenvalue weighted by Gasteiger charge is 2.09. The summed E-state index contributed by atoms with van der Waals surface area (Å²) in [6, 6.07) is 0.838. The Morgan fingerprint density at radius 2 is 1.84 bits per heavy atom. The average Bonchev–Trinajstić information content (AvgIpc) is 2.37. The predicted octanol–water partition coefficient (Wildman–Crippen LogP) is 0.0900. The molecule has 3 N–H and O–H groups in total. The van der Waals surface area contributed by atoms with Gasteiger partial charge in [-0.1, -0.05) is 0 Å². The number of aromatic nitrogens is 2. The van der Waals surface area contributed by atoms with Crippen LogP contribution < -0.4 is 20.1 Å². The zero-order chi connectivity index (χ0) is 14.3. The molecule has 0 fully saturated rings. The predicted molar refractivity (Wildman–Crippen MR) is 64.4 cm³/mol. The third kappa shape index (κ3) is 5.06. The van der Waals surface area contributed by atoms with Gasteiger partial charge in [-0.05, 0) is 0 Å². The number of amides is 2. The van der Waals surface area contributed by atoms with Gasteiger partial charge in [0.25, 0.3) is 0 Å². The van der Waals surface area contributed by atoms with Gasteiger partial charge in [0.15, 0.2) is 0 Å². The lowest BCUT2D eigenvalue weighted by Gasteiger charge is -2.08. The normalized spacial score (nSPS) is 9.58. The molecule has 0 aromatic carbocycles. The maximum Gasteiger partial charge on any atom is 0.321 e. The van der Waals surface area contributed by atoms with Crippen molar-refractivity contribution in [3.8, 4) is 11.8 Å². The van der Waals surface area contributed by atoms with Crippen LogP contribution in [0.1, 0.15) is 6.42 Å². The Balaban J connectivity index is 2.60. The molecule has 9 heteroatoms. The first-order valence-corrected chi connectivity index (χ1v) is 5.29. The van der Waals surface area contributed by atoms with Gasteiger partial charge in [0.2, 0.25) is 17.7 Å². The second kappa shape index (κ2) is 6.99. The SMILES string of the molecule is COc1cc(OC)nc(NC(=O)NCCC(=O)O)n1. The van der Waals surface area contributed by atoms with Crippen molar-refractivity contribution in [2.75, 3.05) is 26.1 Å². The van der Waals surface area contributed by atoms with Crippen molar-refractivity contribution in [3.05, 3.63) is 6.07 Å². The fraction of sp³-hybridized carbons (Fsp3) is 0.400. The molecule has 1 heterocycles. The molecule has 0 aliphatic rings. The Morgan fingerprint density at radius 3 is 2.32 bits per heavy atom. The number of aliphatic carboxylic acids is 1. The van der Waals surface area contributed by atoms with E-state index in [0.717, 1.165) is 0 Å². The van der Waals surface area contributed by atoms with Crippen molar-refractivity contribution >= 4 is 17.9 Å². The lowest BCUT2D eigenvalue weighted by Crippen LogP contribution is -2.31. The number of carboxylic acid groups (broad SMARTS) is 1. The second-order valence-electron chi connectivity index (χ2n) is 3.30. The van der Waals surface area contributed by atoms with Crippen LogP contribution >= 0.6 is 0 Å². The van der Waals surface area contributed by atoms with Crippen molar-refractivity contribution in [1.29, 1.82) is 0 Å². The van der Waals surface area contributed by atoms with E-state index in [1.165, 1.54) is 20.3 Å². The zero-order valence-electron chi connectivity index (χ0n) is 10.5. The number of carboxylic acids is 1. The molecule has 0 aliphatic carbocycles. The topological polar surface area (TPSA) is 123 Å². The van der Waals surface area contributed by atoms with Crippen LogP contribution in [0.5, 0.6) is 11.8 Å². The standard InChI is InChI=1S/C10H14N4O5/c1-18-6-5-7(19-2)13-9(12-6)14-10(17)11-4-3-8(15)16/h5H,3-4H2,1-2H3,(H,15,16)(H2,11,12,13,14,17). The van der Waals surface area contributed by atoms with Gasteiger partial charge in [0, 0.05) is 6.54 Å². The van der Waals surface area contributed by atoms with Crippen molar-refractivity contribution in [2.24, 2.45) is 0 Å². The number of nitrogens with one attached hydrogen (secondary N) is 2. The van der Waals surface area contributed by atoms with Gasteiger partial charge in [-0.25, -0.2) is 4.79 Å². The van der Waals surface area contributed by atoms with Crippen LogP contribution in [0, 0.1) is 0 Å². The first-order chi connectivity index (χ1) is 9.05. The summed E-state index contributed by atoms with van der Waals surface area (Å²) in [5, 5.41) is 13.1. The summed E-state index contributed by atoms with van der Waals surface area (Å²) in [5.74, 6) is -0.552. The number of nitrogens with zero attached hydrogens (tertiary/aromatic N) is 2. The third-order valence-corrected chi connectivity index (χ3v) is 1.95. The number of ether oxygens (including phenoxy) is 2. The number of anilines is 1. The number of hydrogen-bond acceptors (Lipinski definition) is 6. The van der Waals surface area contributed by atoms with Crippen molar-refractivity contribution in [3.63, 3.8) is 0 Å². The summed E-state index contributed by atoms with van der Waals surface area (Å²) in [6.45, 7) is 0.00225. The molecule has 0 unspecified atom stereocenters. The van der Waals surface area contributed by atoms with Crippen LogP contribution in [0.25, 0.3) is 0 Å². The molecule has 1 aromatic rings. The van der Waals surface area contributed by atoms with Crippen LogP contribution in [0.3, 0.4) is 0 Å². The van der Waals surface area contributed by atoms with E-state index in [1.54, 1.807) is 0 Å². The summed E-state index contributed by atoms with van der Waals surface area (Å²) in [7, 11) is 2.83. The van der Waals surface area contributed by atoms with Gasteiger partial charge in [-0.15, -0.1) is 0 Å². The maximum absolute atomic E-state index is 11.4. The minimum Gasteiger partial charge on any atom is -0.481 e. The zero-order valence-corrected chi connectivity index (χ0v) is 10.5. The molecule has 19 heavy (non-hydrogen) atoms. The molecule has 0 saturated heterocycles. The molecule has 104 valence electrons. The summed E-state index contributed by atoms with van der Waals surface area (Å²) < 4.78 is 9.82. The maximum atomic E-state index is 11.4. The molecule has 2 amide bonds. The number of urea groups is 1. The molecule has 0 bridgehead atoms. The lowest BCUT2D eigenvalue weighted by atomic mass is 10.4. The number of hydrogen-bond donors (Lipinski definition) is 3. The smallest absolute Gasteiger partial charge is 0.321 e. The largest absolute Gasteiger partial charge is 0.481 e. The molecule has 1 rings (SSSR count). The molecule has 0 atom stereocenters. The summed E-state index contributed by atoms with van der Waals surface area (Å²) in [5.41, 5.74) is 0. The van der Waals surface area contributed by atoms with Crippen LogP contribution in [-0.4, -0.2) is 47.8 Å². The molecule has 9 nitrogen and oxygen atoms in total. The van der Waals surface area contributed by atoms with E-state index >= 15 is 0 Å². The summed E-state index contributed by atoms with van der Waals surface area (Å²) in [6.07, 6.45) is -0.171. The van der Waals surface area contributed by atoms with E-state index in [0.29, 0.717) is 0 Å². The average molecular weight is 270 g/mol. The summed E-state index contributed by atoms with van der Waals surface area (Å²) in [4.78, 5) is 29.5. The first kappa shape index (κ1) is 14.5. The lowest BCUT2D eigenvalue weighted by molar-refractivity contribution is -0.136. The quantitative estimate of drug-likeness (QED) is 0.669. The van der Waals surface area contributed by atoms with Gasteiger partial charge in [0.05, 0.1) is 26.7 Å². The van der Waals surface area contributed by atoms with E-state index in [9.17, 15) is 9.59 Å². The second-order valence-corrected chi connectivity index (χ2v) is 3.30. The Labute approximate surface area is 109 Å². The van der Waals surface area contributed by atoms with E-state index in [1.807, 2.05) is 0 Å². The molecule has 1 aromatic heterocycles. The molecule has 0 saturated carbocycles. The highest BCUT2D eigenvalue weighted by Crippen LogP contribution is 2.16. The third-order valence-electron chi connectivity index (χ3n) is 1.95. The Morgan fingerprint density at radius 1 is 1.26 bits per heavy atom. The van der Waals surface area contributed by atoms with Gasteiger partial charge in [-0.2, -0.15) is 9.97 Å². The van der Waals surface area contributed by atoms with Gasteiger partial charge >= 0.3 is 12.0 Å². The number of carbonyl (C=O) groups excluding carboxylic acids is 1. The molecular weight excluding hydrogens is 256 g/mol. The van der Waals surface area contributed by atoms with Crippen LogP contribution in [-0.2, 0) is 4.79 Å². The minimum absolute atomic E-state index is 0.00225. The molecule has 0 spiro atoms. The fourth-order valence-electron chi connectivity index (χ4n) is 1.10. The van der Waals surface area contributed by atoms with E-state index in [4.69, 9.17) is 14.6 Å². The Hall–Kier alpha value is -2.58. The fourth-order valence-corrected chi connectivity index (χ4v) is 1.10. The summed E-state index contributed by atoms with van der Waals surface area (Å²) >= 11 is 0. The van der Waals surface area contributed by atoms with Gasteiger partial charge in [0.1, 0.15) is 0 Å². The highest BCUT2D eigenvalue weighted by atomic mass is 16.5. The Bertz CT molecular complexity index is 443. The van der Waals surface area contributed by atoms with Crippen molar-refractivity contribution in [1.82, 2.24) is 15.3 Å². The first-order valence-electron chi connectivity index (χ1n) is 5.29. The minimum atomic E-state index is -1.00. The van der Waals surface area contributed by atoms with Gasteiger partial charge < -0.3 is 19.9 Å². The molecular formula is C10H14N4O5. The van der Waals surface area contributed by atoms with Crippen LogP contribution in [0.15, 0.2) is 6.07 Å². The van der Waals surface area contributed by atoms with Crippen LogP contribution in [0.4, 0.5) is 10.7 Å². The molecule has 0 radical (unpaired) electrons. The van der Waals surface area contributed by atoms with E-state index in [2.05, 4.69) is 20.6 Å². The monoisotopic (exact) mass is 270 g/mol. The van der Waals surface area contributed by atoms with Crippen LogP contribution in [0.2, 0.25) is 0 Å². The number of carbonyl (C=O) groups is 2.